The smallest absolute Gasteiger partial charge is 0.0555 e. The van der Waals surface area contributed by atoms with Crippen LogP contribution in [-0.2, 0) is 0 Å². The van der Waals surface area contributed by atoms with Gasteiger partial charge in [0.05, 0.1) is 6.10 Å². The molecule has 0 radical (unpaired) electrons. The van der Waals surface area contributed by atoms with Crippen molar-refractivity contribution in [3.8, 4) is 0 Å². The van der Waals surface area contributed by atoms with Crippen molar-refractivity contribution in [2.24, 2.45) is 11.3 Å². The highest BCUT2D eigenvalue weighted by atomic mass is 16.3. The first kappa shape index (κ1) is 13.0. The average Bonchev–Trinajstić information content (AvgIpc) is 1.99. The van der Waals surface area contributed by atoms with Crippen molar-refractivity contribution in [1.29, 1.82) is 0 Å². The summed E-state index contributed by atoms with van der Waals surface area (Å²) in [5.74, 6) is 0.684. The Balaban J connectivity index is 2.66. The standard InChI is InChI=1S/C13H27NO/c1-9(2)14-12-8-10(15)6-7-11(12)13(3,4)5/h9-12,14-15H,6-8H2,1-5H3. The van der Waals surface area contributed by atoms with Crippen molar-refractivity contribution < 1.29 is 5.11 Å². The summed E-state index contributed by atoms with van der Waals surface area (Å²) in [6.07, 6.45) is 2.94. The summed E-state index contributed by atoms with van der Waals surface area (Å²) >= 11 is 0. The third-order valence-corrected chi connectivity index (χ3v) is 3.48. The Morgan fingerprint density at radius 2 is 1.80 bits per heavy atom. The van der Waals surface area contributed by atoms with E-state index in [1.807, 2.05) is 0 Å². The van der Waals surface area contributed by atoms with Gasteiger partial charge in [0.1, 0.15) is 0 Å². The lowest BCUT2D eigenvalue weighted by Gasteiger charge is -2.43. The number of aliphatic hydroxyl groups is 1. The minimum Gasteiger partial charge on any atom is -0.393 e. The van der Waals surface area contributed by atoms with Crippen LogP contribution in [0.3, 0.4) is 0 Å². The summed E-state index contributed by atoms with van der Waals surface area (Å²) < 4.78 is 0. The van der Waals surface area contributed by atoms with Crippen molar-refractivity contribution in [1.82, 2.24) is 5.32 Å². The van der Waals surface area contributed by atoms with Gasteiger partial charge in [-0.05, 0) is 30.6 Å². The number of hydrogen-bond acceptors (Lipinski definition) is 2. The first-order valence-corrected chi connectivity index (χ1v) is 6.25. The second-order valence-corrected chi connectivity index (χ2v) is 6.37. The van der Waals surface area contributed by atoms with Crippen LogP contribution in [-0.4, -0.2) is 23.3 Å². The summed E-state index contributed by atoms with van der Waals surface area (Å²) in [6.45, 7) is 11.3. The Morgan fingerprint density at radius 1 is 1.20 bits per heavy atom. The van der Waals surface area contributed by atoms with E-state index in [9.17, 15) is 5.11 Å². The van der Waals surface area contributed by atoms with E-state index >= 15 is 0 Å². The highest BCUT2D eigenvalue weighted by molar-refractivity contribution is 4.91. The molecule has 0 aromatic rings. The topological polar surface area (TPSA) is 32.3 Å². The number of nitrogens with one attached hydrogen (secondary N) is 1. The van der Waals surface area contributed by atoms with Gasteiger partial charge in [0.2, 0.25) is 0 Å². The normalized spacial score (nSPS) is 33.4. The molecule has 1 aliphatic carbocycles. The van der Waals surface area contributed by atoms with E-state index in [2.05, 4.69) is 39.9 Å². The molecule has 2 heteroatoms. The van der Waals surface area contributed by atoms with Crippen LogP contribution >= 0.6 is 0 Å². The molecular formula is C13H27NO. The molecule has 0 aromatic carbocycles. The van der Waals surface area contributed by atoms with Crippen molar-refractivity contribution in [2.45, 2.75) is 72.1 Å². The zero-order chi connectivity index (χ0) is 11.6. The largest absolute Gasteiger partial charge is 0.393 e. The summed E-state index contributed by atoms with van der Waals surface area (Å²) in [6, 6.07) is 0.985. The molecule has 0 amide bonds. The molecule has 0 aromatic heterocycles. The Bertz CT molecular complexity index is 193. The molecule has 0 saturated heterocycles. The maximum atomic E-state index is 9.74. The molecule has 0 heterocycles. The molecule has 1 fully saturated rings. The summed E-state index contributed by atoms with van der Waals surface area (Å²) in [5.41, 5.74) is 0.340. The van der Waals surface area contributed by atoms with E-state index in [1.54, 1.807) is 0 Å². The molecule has 90 valence electrons. The molecule has 0 bridgehead atoms. The van der Waals surface area contributed by atoms with Crippen molar-refractivity contribution in [3.05, 3.63) is 0 Å². The zero-order valence-electron chi connectivity index (χ0n) is 10.9. The number of aliphatic hydroxyl groups excluding tert-OH is 1. The quantitative estimate of drug-likeness (QED) is 0.739. The second-order valence-electron chi connectivity index (χ2n) is 6.37. The first-order valence-electron chi connectivity index (χ1n) is 6.25. The van der Waals surface area contributed by atoms with Crippen LogP contribution in [0, 0.1) is 11.3 Å². The fourth-order valence-electron chi connectivity index (χ4n) is 2.80. The van der Waals surface area contributed by atoms with Gasteiger partial charge in [0.15, 0.2) is 0 Å². The van der Waals surface area contributed by atoms with Gasteiger partial charge in [-0.25, -0.2) is 0 Å². The van der Waals surface area contributed by atoms with Gasteiger partial charge in [-0.3, -0.25) is 0 Å². The molecular weight excluding hydrogens is 186 g/mol. The fourth-order valence-corrected chi connectivity index (χ4v) is 2.80. The lowest BCUT2D eigenvalue weighted by atomic mass is 9.69. The SMILES string of the molecule is CC(C)NC1CC(O)CCC1C(C)(C)C. The van der Waals surface area contributed by atoms with Gasteiger partial charge < -0.3 is 10.4 Å². The Morgan fingerprint density at radius 3 is 2.27 bits per heavy atom. The zero-order valence-corrected chi connectivity index (χ0v) is 10.9. The molecule has 1 rings (SSSR count). The lowest BCUT2D eigenvalue weighted by Crippen LogP contribution is -2.49. The monoisotopic (exact) mass is 213 g/mol. The van der Waals surface area contributed by atoms with Crippen LogP contribution in [0.15, 0.2) is 0 Å². The van der Waals surface area contributed by atoms with Crippen LogP contribution < -0.4 is 5.32 Å². The average molecular weight is 213 g/mol. The predicted octanol–water partition coefficient (Wildman–Crippen LogP) is 2.56. The van der Waals surface area contributed by atoms with Gasteiger partial charge in [0.25, 0.3) is 0 Å². The van der Waals surface area contributed by atoms with Crippen LogP contribution in [0.1, 0.15) is 53.9 Å². The van der Waals surface area contributed by atoms with Gasteiger partial charge in [0, 0.05) is 12.1 Å². The van der Waals surface area contributed by atoms with Crippen LogP contribution in [0.5, 0.6) is 0 Å². The summed E-state index contributed by atoms with van der Waals surface area (Å²) in [4.78, 5) is 0. The highest BCUT2D eigenvalue weighted by Gasteiger charge is 2.36. The van der Waals surface area contributed by atoms with E-state index in [1.165, 1.54) is 0 Å². The van der Waals surface area contributed by atoms with E-state index in [-0.39, 0.29) is 6.10 Å². The second kappa shape index (κ2) is 4.84. The summed E-state index contributed by atoms with van der Waals surface area (Å²) in [5, 5.41) is 13.3. The molecule has 3 atom stereocenters. The van der Waals surface area contributed by atoms with Crippen molar-refractivity contribution in [2.75, 3.05) is 0 Å². The predicted molar refractivity (Wildman–Crippen MR) is 64.9 cm³/mol. The number of rotatable bonds is 2. The molecule has 1 aliphatic rings. The lowest BCUT2D eigenvalue weighted by molar-refractivity contribution is 0.0406. The van der Waals surface area contributed by atoms with Gasteiger partial charge in [-0.1, -0.05) is 34.6 Å². The van der Waals surface area contributed by atoms with Crippen LogP contribution in [0.2, 0.25) is 0 Å². The molecule has 2 nitrogen and oxygen atoms in total. The Hall–Kier alpha value is -0.0800. The fraction of sp³-hybridized carbons (Fsp3) is 1.00. The molecule has 1 saturated carbocycles. The molecule has 15 heavy (non-hydrogen) atoms. The minimum atomic E-state index is -0.0974. The van der Waals surface area contributed by atoms with E-state index in [4.69, 9.17) is 0 Å². The van der Waals surface area contributed by atoms with Gasteiger partial charge >= 0.3 is 0 Å². The third kappa shape index (κ3) is 3.76. The van der Waals surface area contributed by atoms with Crippen LogP contribution in [0.4, 0.5) is 0 Å². The molecule has 3 unspecified atom stereocenters. The molecule has 0 spiro atoms. The highest BCUT2D eigenvalue weighted by Crippen LogP contribution is 2.38. The molecule has 0 aliphatic heterocycles. The molecule has 2 N–H and O–H groups in total. The minimum absolute atomic E-state index is 0.0974. The first-order chi connectivity index (χ1) is 6.80. The summed E-state index contributed by atoms with van der Waals surface area (Å²) in [7, 11) is 0. The van der Waals surface area contributed by atoms with Crippen LogP contribution in [0.25, 0.3) is 0 Å². The third-order valence-electron chi connectivity index (χ3n) is 3.48. The van der Waals surface area contributed by atoms with Crippen molar-refractivity contribution in [3.63, 3.8) is 0 Å². The van der Waals surface area contributed by atoms with Gasteiger partial charge in [-0.2, -0.15) is 0 Å². The van der Waals surface area contributed by atoms with Crippen molar-refractivity contribution >= 4 is 0 Å². The van der Waals surface area contributed by atoms with E-state index < -0.39 is 0 Å². The Kier molecular flexibility index (Phi) is 4.19. The van der Waals surface area contributed by atoms with E-state index in [0.717, 1.165) is 19.3 Å². The van der Waals surface area contributed by atoms with E-state index in [0.29, 0.717) is 23.4 Å². The maximum absolute atomic E-state index is 9.74. The number of hydrogen-bond donors (Lipinski definition) is 2. The van der Waals surface area contributed by atoms with Gasteiger partial charge in [-0.15, -0.1) is 0 Å². The maximum Gasteiger partial charge on any atom is 0.0555 e. The Labute approximate surface area is 94.5 Å².